The minimum absolute atomic E-state index is 0. The second kappa shape index (κ2) is 17.2. The number of hydrogen-bond acceptors (Lipinski definition) is 6. The monoisotopic (exact) mass is 511 g/mol. The summed E-state index contributed by atoms with van der Waals surface area (Å²) in [6.45, 7) is 0.788. The van der Waals surface area contributed by atoms with E-state index < -0.39 is 5.97 Å². The summed E-state index contributed by atoms with van der Waals surface area (Å²) in [5, 5.41) is 9.04. The summed E-state index contributed by atoms with van der Waals surface area (Å²) in [5.41, 5.74) is 8.88. The number of unbranched alkanes of at least 4 members (excludes halogenated alkanes) is 5. The van der Waals surface area contributed by atoms with Crippen molar-refractivity contribution in [2.75, 3.05) is 19.5 Å². The molecule has 8 heteroatoms. The Bertz CT molecular complexity index is 1150. The molecule has 0 amide bonds. The fourth-order valence-corrected chi connectivity index (χ4v) is 3.85. The summed E-state index contributed by atoms with van der Waals surface area (Å²) in [5.74, 6) is 1.06. The third kappa shape index (κ3) is 11.3. The van der Waals surface area contributed by atoms with Crippen molar-refractivity contribution in [1.29, 1.82) is 0 Å². The second-order valence-electron chi connectivity index (χ2n) is 8.79. The Morgan fingerprint density at radius 3 is 2.37 bits per heavy atom. The van der Waals surface area contributed by atoms with Gasteiger partial charge in [0, 0.05) is 36.7 Å². The van der Waals surface area contributed by atoms with E-state index in [4.69, 9.17) is 25.1 Å². The normalized spacial score (nSPS) is 10.7. The number of anilines is 1. The average Bonchev–Trinajstić information content (AvgIpc) is 2.90. The predicted octanol–water partition coefficient (Wildman–Crippen LogP) is 5.93. The molecule has 0 saturated heterocycles. The summed E-state index contributed by atoms with van der Waals surface area (Å²) in [4.78, 5) is 15.6. The van der Waals surface area contributed by atoms with Crippen molar-refractivity contribution in [3.63, 3.8) is 0 Å². The number of nitrogens with zero attached hydrogens (tertiary/aromatic N) is 1. The van der Waals surface area contributed by atoms with E-state index in [0.717, 1.165) is 37.5 Å². The van der Waals surface area contributed by atoms with Crippen molar-refractivity contribution in [2.24, 2.45) is 0 Å². The van der Waals surface area contributed by atoms with E-state index in [1.165, 1.54) is 30.9 Å². The molecule has 0 aliphatic carbocycles. The van der Waals surface area contributed by atoms with Crippen molar-refractivity contribution in [3.8, 4) is 17.2 Å². The first-order chi connectivity index (χ1) is 18.0. The van der Waals surface area contributed by atoms with Crippen LogP contribution in [-0.2, 0) is 17.8 Å². The number of aryl methyl sites for hydroxylation is 1. The van der Waals surface area contributed by atoms with Gasteiger partial charge in [-0.25, -0.2) is 9.78 Å². The van der Waals surface area contributed by atoms with Gasteiger partial charge in [-0.3, -0.25) is 0 Å². The van der Waals surface area contributed by atoms with Crippen LogP contribution >= 0.6 is 0 Å². The third-order valence-corrected chi connectivity index (χ3v) is 5.85. The zero-order valence-electron chi connectivity index (χ0n) is 22.4. The number of methoxy groups -OCH3 is 1. The molecule has 2 aromatic carbocycles. The largest absolute Gasteiger partial charge is 0.497 e. The molecule has 1 heterocycles. The Kier molecular flexibility index (Phi) is 13.9. The molecule has 0 aliphatic rings. The number of carboxylic acid groups (broad SMARTS) is 1. The SMILES string of the molecule is COc1ccc(CCCCCCCCOc2ccc(COc3cccc(N)c3)nc2/C=C/C(=O)O)cc1.[Li]. The van der Waals surface area contributed by atoms with E-state index >= 15 is 0 Å². The Hall–Kier alpha value is -3.40. The van der Waals surface area contributed by atoms with Gasteiger partial charge in [-0.15, -0.1) is 0 Å². The van der Waals surface area contributed by atoms with Gasteiger partial charge in [0.15, 0.2) is 0 Å². The quantitative estimate of drug-likeness (QED) is 0.106. The van der Waals surface area contributed by atoms with Gasteiger partial charge in [0.05, 0.1) is 19.4 Å². The van der Waals surface area contributed by atoms with Crippen LogP contribution in [0.3, 0.4) is 0 Å². The molecule has 1 radical (unpaired) electrons. The summed E-state index contributed by atoms with van der Waals surface area (Å²) < 4.78 is 16.9. The molecule has 0 fully saturated rings. The van der Waals surface area contributed by atoms with Crippen LogP contribution in [0.4, 0.5) is 5.69 Å². The van der Waals surface area contributed by atoms with Crippen LogP contribution in [0.2, 0.25) is 0 Å². The summed E-state index contributed by atoms with van der Waals surface area (Å²) >= 11 is 0. The van der Waals surface area contributed by atoms with E-state index in [9.17, 15) is 4.79 Å². The molecular weight excluding hydrogens is 475 g/mol. The first-order valence-corrected chi connectivity index (χ1v) is 12.7. The standard InChI is InChI=1S/C30H36N2O5.Li/c1-35-26-15-12-23(13-16-26)9-6-4-2-3-5-7-20-36-29-18-14-25(32-28(29)17-19-30(33)34)22-37-27-11-8-10-24(31)21-27;/h8,10-19,21H,2-7,9,20,22,31H2,1H3,(H,33,34);/b19-17+;. The maximum atomic E-state index is 11.0. The molecule has 1 aromatic heterocycles. The van der Waals surface area contributed by atoms with Gasteiger partial charge in [0.2, 0.25) is 0 Å². The summed E-state index contributed by atoms with van der Waals surface area (Å²) in [6.07, 6.45) is 10.4. The van der Waals surface area contributed by atoms with Gasteiger partial charge < -0.3 is 25.1 Å². The van der Waals surface area contributed by atoms with Crippen LogP contribution in [0.5, 0.6) is 17.2 Å². The van der Waals surface area contributed by atoms with Gasteiger partial charge in [-0.2, -0.15) is 0 Å². The number of ether oxygens (including phenoxy) is 3. The average molecular weight is 512 g/mol. The molecule has 0 saturated carbocycles. The number of aliphatic carboxylic acids is 1. The van der Waals surface area contributed by atoms with Crippen molar-refractivity contribution >= 4 is 36.6 Å². The van der Waals surface area contributed by atoms with Crippen LogP contribution in [0.25, 0.3) is 6.08 Å². The van der Waals surface area contributed by atoms with Crippen molar-refractivity contribution in [2.45, 2.75) is 51.6 Å². The number of nitrogen functional groups attached to an aromatic ring is 1. The summed E-state index contributed by atoms with van der Waals surface area (Å²) in [6, 6.07) is 19.1. The van der Waals surface area contributed by atoms with Crippen molar-refractivity contribution in [1.82, 2.24) is 4.98 Å². The Morgan fingerprint density at radius 1 is 0.921 bits per heavy atom. The minimum Gasteiger partial charge on any atom is -0.497 e. The van der Waals surface area contributed by atoms with E-state index in [2.05, 4.69) is 17.1 Å². The maximum Gasteiger partial charge on any atom is 0.328 e. The topological polar surface area (TPSA) is 104 Å². The van der Waals surface area contributed by atoms with Gasteiger partial charge >= 0.3 is 5.97 Å². The first kappa shape index (κ1) is 30.8. The molecule has 197 valence electrons. The molecule has 0 aliphatic heterocycles. The van der Waals surface area contributed by atoms with Gasteiger partial charge in [-0.1, -0.05) is 43.9 Å². The third-order valence-electron chi connectivity index (χ3n) is 5.85. The molecule has 3 rings (SSSR count). The van der Waals surface area contributed by atoms with Gasteiger partial charge in [0.25, 0.3) is 0 Å². The number of nitrogens with two attached hydrogens (primary N) is 1. The number of rotatable bonds is 16. The number of carbonyl (C=O) groups is 1. The number of benzene rings is 2. The molecule has 0 unspecified atom stereocenters. The molecule has 38 heavy (non-hydrogen) atoms. The van der Waals surface area contributed by atoms with Crippen molar-refractivity contribution < 1.29 is 24.1 Å². The molecule has 0 spiro atoms. The fraction of sp³-hybridized carbons (Fsp3) is 0.333. The zero-order valence-corrected chi connectivity index (χ0v) is 22.4. The molecule has 7 nitrogen and oxygen atoms in total. The summed E-state index contributed by atoms with van der Waals surface area (Å²) in [7, 11) is 1.68. The number of hydrogen-bond donors (Lipinski definition) is 2. The number of pyridine rings is 1. The van der Waals surface area contributed by atoms with Gasteiger partial charge in [-0.05, 0) is 67.3 Å². The minimum atomic E-state index is -1.04. The number of carboxylic acids is 1. The zero-order chi connectivity index (χ0) is 26.3. The predicted molar refractivity (Wildman–Crippen MR) is 152 cm³/mol. The number of aromatic nitrogens is 1. The van der Waals surface area contributed by atoms with Crippen LogP contribution in [-0.4, -0.2) is 48.6 Å². The molecule has 0 atom stereocenters. The second-order valence-corrected chi connectivity index (χ2v) is 8.79. The smallest absolute Gasteiger partial charge is 0.328 e. The van der Waals surface area contributed by atoms with Crippen LogP contribution < -0.4 is 19.9 Å². The van der Waals surface area contributed by atoms with Crippen LogP contribution in [0.1, 0.15) is 55.5 Å². The molecule has 0 bridgehead atoms. The van der Waals surface area contributed by atoms with E-state index in [1.54, 1.807) is 19.2 Å². The Labute approximate surface area is 237 Å². The molecular formula is C30H36LiN2O5. The Balaban J connectivity index is 0.00000507. The fourth-order valence-electron chi connectivity index (χ4n) is 3.85. The van der Waals surface area contributed by atoms with Gasteiger partial charge in [0.1, 0.15) is 29.5 Å². The molecule has 3 aromatic rings. The molecule has 3 N–H and O–H groups in total. The van der Waals surface area contributed by atoms with E-state index in [-0.39, 0.29) is 25.5 Å². The Morgan fingerprint density at radius 2 is 1.66 bits per heavy atom. The van der Waals surface area contributed by atoms with E-state index in [0.29, 0.717) is 35.2 Å². The van der Waals surface area contributed by atoms with E-state index in [1.807, 2.05) is 36.4 Å². The van der Waals surface area contributed by atoms with Crippen LogP contribution in [0.15, 0.2) is 66.7 Å². The van der Waals surface area contributed by atoms with Crippen LogP contribution in [0, 0.1) is 0 Å². The van der Waals surface area contributed by atoms with Crippen molar-refractivity contribution in [3.05, 3.63) is 83.7 Å². The first-order valence-electron chi connectivity index (χ1n) is 12.7. The maximum absolute atomic E-state index is 11.0.